The number of ether oxygens (including phenoxy) is 1. The van der Waals surface area contributed by atoms with Gasteiger partial charge in [-0.05, 0) is 45.1 Å². The highest BCUT2D eigenvalue weighted by Gasteiger charge is 2.18. The maximum absolute atomic E-state index is 5.95. The van der Waals surface area contributed by atoms with Crippen LogP contribution in [0.15, 0.2) is 40.2 Å². The summed E-state index contributed by atoms with van der Waals surface area (Å²) in [5.41, 5.74) is 1.35. The van der Waals surface area contributed by atoms with Gasteiger partial charge in [-0.1, -0.05) is 39.0 Å². The highest BCUT2D eigenvalue weighted by molar-refractivity contribution is 9.11. The molecule has 1 heterocycles. The lowest BCUT2D eigenvalue weighted by Gasteiger charge is -2.22. The smallest absolute Gasteiger partial charge is 0.123 e. The monoisotopic (exact) mass is 324 g/mol. The zero-order valence-corrected chi connectivity index (χ0v) is 13.3. The van der Waals surface area contributed by atoms with E-state index in [0.717, 1.165) is 9.54 Å². The first-order valence-electron chi connectivity index (χ1n) is 5.93. The highest BCUT2D eigenvalue weighted by atomic mass is 79.9. The largest absolute Gasteiger partial charge is 0.488 e. The van der Waals surface area contributed by atoms with Gasteiger partial charge in [0.2, 0.25) is 0 Å². The first-order valence-corrected chi connectivity index (χ1v) is 7.54. The molecule has 0 bridgehead atoms. The second kappa shape index (κ2) is 5.45. The van der Waals surface area contributed by atoms with E-state index in [4.69, 9.17) is 4.74 Å². The molecule has 0 aliphatic heterocycles. The third kappa shape index (κ3) is 3.36. The average Bonchev–Trinajstić information content (AvgIpc) is 2.72. The van der Waals surface area contributed by atoms with E-state index in [9.17, 15) is 0 Å². The SMILES string of the molecule is CC(C)(C)c1ccccc1OCc1ccc(Br)s1. The minimum absolute atomic E-state index is 0.104. The molecular formula is C15H17BrOS. The van der Waals surface area contributed by atoms with Crippen molar-refractivity contribution in [2.75, 3.05) is 0 Å². The summed E-state index contributed by atoms with van der Waals surface area (Å²) in [5.74, 6) is 0.981. The van der Waals surface area contributed by atoms with Gasteiger partial charge in [-0.2, -0.15) is 0 Å². The van der Waals surface area contributed by atoms with Crippen molar-refractivity contribution in [3.63, 3.8) is 0 Å². The van der Waals surface area contributed by atoms with Gasteiger partial charge in [0.05, 0.1) is 3.79 Å². The summed E-state index contributed by atoms with van der Waals surface area (Å²) >= 11 is 5.18. The lowest BCUT2D eigenvalue weighted by Crippen LogP contribution is -2.13. The summed E-state index contributed by atoms with van der Waals surface area (Å²) in [6, 6.07) is 12.4. The number of hydrogen-bond acceptors (Lipinski definition) is 2. The molecule has 1 aromatic carbocycles. The van der Waals surface area contributed by atoms with Gasteiger partial charge in [-0.25, -0.2) is 0 Å². The third-order valence-corrected chi connectivity index (χ3v) is 4.29. The molecule has 96 valence electrons. The molecule has 3 heteroatoms. The standard InChI is InChI=1S/C15H17BrOS/c1-15(2,3)12-6-4-5-7-13(12)17-10-11-8-9-14(16)18-11/h4-9H,10H2,1-3H3. The number of thiophene rings is 1. The summed E-state index contributed by atoms with van der Waals surface area (Å²) in [7, 11) is 0. The Balaban J connectivity index is 2.14. The van der Waals surface area contributed by atoms with Crippen LogP contribution in [0.2, 0.25) is 0 Å². The second-order valence-electron chi connectivity index (χ2n) is 5.24. The van der Waals surface area contributed by atoms with Crippen molar-refractivity contribution in [2.24, 2.45) is 0 Å². The van der Waals surface area contributed by atoms with Gasteiger partial charge in [0.15, 0.2) is 0 Å². The predicted octanol–water partition coefficient (Wildman–Crippen LogP) is 5.39. The van der Waals surface area contributed by atoms with Crippen LogP contribution in [0.5, 0.6) is 5.75 Å². The molecule has 0 unspecified atom stereocenters. The summed E-state index contributed by atoms with van der Waals surface area (Å²) < 4.78 is 7.10. The first-order chi connectivity index (χ1) is 8.47. The third-order valence-electron chi connectivity index (χ3n) is 2.69. The van der Waals surface area contributed by atoms with Gasteiger partial charge in [0, 0.05) is 4.88 Å². The molecule has 0 N–H and O–H groups in total. The number of hydrogen-bond donors (Lipinski definition) is 0. The van der Waals surface area contributed by atoms with E-state index in [0.29, 0.717) is 6.61 Å². The Morgan fingerprint density at radius 3 is 2.44 bits per heavy atom. The van der Waals surface area contributed by atoms with Gasteiger partial charge in [0.25, 0.3) is 0 Å². The van der Waals surface area contributed by atoms with Gasteiger partial charge >= 0.3 is 0 Å². The summed E-state index contributed by atoms with van der Waals surface area (Å²) in [5, 5.41) is 0. The number of halogens is 1. The normalized spacial score (nSPS) is 11.6. The molecule has 1 nitrogen and oxygen atoms in total. The van der Waals surface area contributed by atoms with E-state index in [1.165, 1.54) is 10.4 Å². The molecule has 18 heavy (non-hydrogen) atoms. The molecule has 0 fully saturated rings. The molecule has 2 aromatic rings. The Bertz CT molecular complexity index is 525. The molecule has 0 amide bonds. The Labute approximate surface area is 121 Å². The van der Waals surface area contributed by atoms with Crippen molar-refractivity contribution in [3.8, 4) is 5.75 Å². The maximum Gasteiger partial charge on any atom is 0.123 e. The van der Waals surface area contributed by atoms with Crippen LogP contribution in [0.25, 0.3) is 0 Å². The minimum Gasteiger partial charge on any atom is -0.488 e. The molecule has 0 spiro atoms. The van der Waals surface area contributed by atoms with Crippen molar-refractivity contribution in [2.45, 2.75) is 32.8 Å². The van der Waals surface area contributed by atoms with E-state index < -0.39 is 0 Å². The average molecular weight is 325 g/mol. The molecule has 0 aliphatic rings. The summed E-state index contributed by atoms with van der Waals surface area (Å²) in [4.78, 5) is 1.23. The topological polar surface area (TPSA) is 9.23 Å². The van der Waals surface area contributed by atoms with Crippen LogP contribution in [0.3, 0.4) is 0 Å². The van der Waals surface area contributed by atoms with Crippen LogP contribution in [-0.4, -0.2) is 0 Å². The van der Waals surface area contributed by atoms with Crippen LogP contribution in [0, 0.1) is 0 Å². The van der Waals surface area contributed by atoms with E-state index >= 15 is 0 Å². The number of rotatable bonds is 3. The van der Waals surface area contributed by atoms with Crippen molar-refractivity contribution < 1.29 is 4.74 Å². The quantitative estimate of drug-likeness (QED) is 0.735. The Kier molecular flexibility index (Phi) is 4.13. The van der Waals surface area contributed by atoms with Gasteiger partial charge in [-0.15, -0.1) is 11.3 Å². The Morgan fingerprint density at radius 2 is 1.83 bits per heavy atom. The summed E-state index contributed by atoms with van der Waals surface area (Å²) in [6.07, 6.45) is 0. The fourth-order valence-electron chi connectivity index (χ4n) is 1.79. The molecular weight excluding hydrogens is 308 g/mol. The van der Waals surface area contributed by atoms with Gasteiger partial charge in [0.1, 0.15) is 12.4 Å². The zero-order chi connectivity index (χ0) is 13.2. The van der Waals surface area contributed by atoms with Crippen molar-refractivity contribution >= 4 is 27.3 Å². The van der Waals surface area contributed by atoms with Crippen LogP contribution in [0.1, 0.15) is 31.2 Å². The number of para-hydroxylation sites is 1. The van der Waals surface area contributed by atoms with E-state index in [-0.39, 0.29) is 5.41 Å². The Hall–Kier alpha value is -0.800. The second-order valence-corrected chi connectivity index (χ2v) is 7.79. The molecule has 1 aromatic heterocycles. The molecule has 2 rings (SSSR count). The van der Waals surface area contributed by atoms with Crippen molar-refractivity contribution in [1.82, 2.24) is 0 Å². The van der Waals surface area contributed by atoms with Gasteiger partial charge < -0.3 is 4.74 Å². The van der Waals surface area contributed by atoms with Gasteiger partial charge in [-0.3, -0.25) is 0 Å². The number of benzene rings is 1. The van der Waals surface area contributed by atoms with E-state index in [2.05, 4.69) is 61.0 Å². The van der Waals surface area contributed by atoms with Crippen LogP contribution >= 0.6 is 27.3 Å². The molecule has 0 radical (unpaired) electrons. The Morgan fingerprint density at radius 1 is 1.11 bits per heavy atom. The summed E-state index contributed by atoms with van der Waals surface area (Å²) in [6.45, 7) is 7.24. The zero-order valence-electron chi connectivity index (χ0n) is 10.9. The lowest BCUT2D eigenvalue weighted by molar-refractivity contribution is 0.301. The fraction of sp³-hybridized carbons (Fsp3) is 0.333. The van der Waals surface area contributed by atoms with E-state index in [1.807, 2.05) is 12.1 Å². The van der Waals surface area contributed by atoms with Crippen LogP contribution in [-0.2, 0) is 12.0 Å². The van der Waals surface area contributed by atoms with Crippen LogP contribution in [0.4, 0.5) is 0 Å². The highest BCUT2D eigenvalue weighted by Crippen LogP contribution is 2.32. The maximum atomic E-state index is 5.95. The minimum atomic E-state index is 0.104. The van der Waals surface area contributed by atoms with Crippen molar-refractivity contribution in [3.05, 3.63) is 50.6 Å². The van der Waals surface area contributed by atoms with E-state index in [1.54, 1.807) is 11.3 Å². The fourth-order valence-corrected chi connectivity index (χ4v) is 3.19. The molecule has 0 saturated heterocycles. The lowest BCUT2D eigenvalue weighted by atomic mass is 9.86. The molecule has 0 atom stereocenters. The molecule has 0 aliphatic carbocycles. The molecule has 0 saturated carbocycles. The van der Waals surface area contributed by atoms with Crippen molar-refractivity contribution in [1.29, 1.82) is 0 Å². The van der Waals surface area contributed by atoms with Crippen LogP contribution < -0.4 is 4.74 Å². The predicted molar refractivity (Wildman–Crippen MR) is 81.5 cm³/mol. The first kappa shape index (κ1) is 13.6.